The third-order valence-electron chi connectivity index (χ3n) is 3.43. The molecule has 0 bridgehead atoms. The minimum Gasteiger partial charge on any atom is -0.496 e. The highest BCUT2D eigenvalue weighted by molar-refractivity contribution is 5.42. The monoisotopic (exact) mass is 279 g/mol. The number of hydrogen-bond donors (Lipinski definition) is 1. The molecule has 1 unspecified atom stereocenters. The number of rotatable bonds is 9. The minimum absolute atomic E-state index is 0.256. The van der Waals surface area contributed by atoms with E-state index in [0.717, 1.165) is 38.3 Å². The maximum atomic E-state index is 5.75. The standard InChI is InChI=1S/C17H29NO2/c1-6-8-18-16(12-20-9-7-2)15-10-14(4)17(19-5)11-13(15)3/h10-11,16,18H,6-9,12H2,1-5H3. The first-order valence-electron chi connectivity index (χ1n) is 7.60. The van der Waals surface area contributed by atoms with Crippen LogP contribution in [0.1, 0.15) is 49.4 Å². The average molecular weight is 279 g/mol. The molecule has 1 rings (SSSR count). The van der Waals surface area contributed by atoms with Crippen LogP contribution < -0.4 is 10.1 Å². The molecule has 0 aliphatic rings. The summed E-state index contributed by atoms with van der Waals surface area (Å²) in [5.41, 5.74) is 3.74. The van der Waals surface area contributed by atoms with Crippen molar-refractivity contribution in [2.24, 2.45) is 0 Å². The SMILES string of the molecule is CCCNC(COCCC)c1cc(C)c(OC)cc1C. The Hall–Kier alpha value is -1.06. The number of aryl methyl sites for hydroxylation is 2. The van der Waals surface area contributed by atoms with Gasteiger partial charge in [0.25, 0.3) is 0 Å². The molecule has 1 aromatic rings. The van der Waals surface area contributed by atoms with E-state index in [1.54, 1.807) is 7.11 Å². The van der Waals surface area contributed by atoms with Gasteiger partial charge in [-0.3, -0.25) is 0 Å². The van der Waals surface area contributed by atoms with Gasteiger partial charge in [0.2, 0.25) is 0 Å². The topological polar surface area (TPSA) is 30.5 Å². The quantitative estimate of drug-likeness (QED) is 0.698. The van der Waals surface area contributed by atoms with Crippen LogP contribution in [0.5, 0.6) is 5.75 Å². The minimum atomic E-state index is 0.256. The fourth-order valence-electron chi connectivity index (χ4n) is 2.33. The summed E-state index contributed by atoms with van der Waals surface area (Å²) < 4.78 is 11.1. The molecule has 1 N–H and O–H groups in total. The summed E-state index contributed by atoms with van der Waals surface area (Å²) in [6, 6.07) is 4.59. The van der Waals surface area contributed by atoms with Crippen LogP contribution in [0.4, 0.5) is 0 Å². The summed E-state index contributed by atoms with van der Waals surface area (Å²) in [5, 5.41) is 3.58. The average Bonchev–Trinajstić information content (AvgIpc) is 2.45. The molecule has 114 valence electrons. The molecule has 0 heterocycles. The molecule has 0 amide bonds. The van der Waals surface area contributed by atoms with Crippen molar-refractivity contribution in [3.8, 4) is 5.75 Å². The Labute approximate surface area is 123 Å². The number of ether oxygens (including phenoxy) is 2. The van der Waals surface area contributed by atoms with E-state index in [2.05, 4.69) is 45.1 Å². The van der Waals surface area contributed by atoms with Crippen LogP contribution in [0.25, 0.3) is 0 Å². The van der Waals surface area contributed by atoms with E-state index in [-0.39, 0.29) is 6.04 Å². The molecular formula is C17H29NO2. The van der Waals surface area contributed by atoms with E-state index in [0.29, 0.717) is 0 Å². The Kier molecular flexibility index (Phi) is 7.63. The highest BCUT2D eigenvalue weighted by atomic mass is 16.5. The van der Waals surface area contributed by atoms with Crippen LogP contribution >= 0.6 is 0 Å². The van der Waals surface area contributed by atoms with Crippen LogP contribution in [0.15, 0.2) is 12.1 Å². The zero-order valence-electron chi connectivity index (χ0n) is 13.6. The summed E-state index contributed by atoms with van der Waals surface area (Å²) in [5.74, 6) is 0.954. The van der Waals surface area contributed by atoms with Gasteiger partial charge in [0.15, 0.2) is 0 Å². The Bertz CT molecular complexity index is 404. The Morgan fingerprint density at radius 1 is 1.10 bits per heavy atom. The van der Waals surface area contributed by atoms with Crippen molar-refractivity contribution in [1.29, 1.82) is 0 Å². The highest BCUT2D eigenvalue weighted by Gasteiger charge is 2.15. The van der Waals surface area contributed by atoms with Crippen LogP contribution in [-0.4, -0.2) is 26.9 Å². The smallest absolute Gasteiger partial charge is 0.122 e. The lowest BCUT2D eigenvalue weighted by atomic mass is 9.98. The molecule has 0 spiro atoms. The number of nitrogens with one attached hydrogen (secondary N) is 1. The Morgan fingerprint density at radius 3 is 2.45 bits per heavy atom. The molecule has 20 heavy (non-hydrogen) atoms. The lowest BCUT2D eigenvalue weighted by Gasteiger charge is -2.22. The fourth-order valence-corrected chi connectivity index (χ4v) is 2.33. The van der Waals surface area contributed by atoms with E-state index >= 15 is 0 Å². The van der Waals surface area contributed by atoms with Crippen molar-refractivity contribution in [2.45, 2.75) is 46.6 Å². The molecule has 3 heteroatoms. The second-order valence-corrected chi connectivity index (χ2v) is 5.26. The molecule has 1 aromatic carbocycles. The molecule has 1 atom stereocenters. The molecule has 0 saturated heterocycles. The Balaban J connectivity index is 2.90. The molecule has 0 saturated carbocycles. The summed E-state index contributed by atoms with van der Waals surface area (Å²) >= 11 is 0. The number of hydrogen-bond acceptors (Lipinski definition) is 3. The second-order valence-electron chi connectivity index (χ2n) is 5.26. The fraction of sp³-hybridized carbons (Fsp3) is 0.647. The van der Waals surface area contributed by atoms with Gasteiger partial charge < -0.3 is 14.8 Å². The normalized spacial score (nSPS) is 12.4. The summed E-state index contributed by atoms with van der Waals surface area (Å²) in [7, 11) is 1.72. The lowest BCUT2D eigenvalue weighted by molar-refractivity contribution is 0.112. The maximum absolute atomic E-state index is 5.75. The summed E-state index contributed by atoms with van der Waals surface area (Å²) in [4.78, 5) is 0. The largest absolute Gasteiger partial charge is 0.496 e. The van der Waals surface area contributed by atoms with E-state index < -0.39 is 0 Å². The van der Waals surface area contributed by atoms with Crippen molar-refractivity contribution in [2.75, 3.05) is 26.9 Å². The first-order valence-corrected chi connectivity index (χ1v) is 7.60. The number of methoxy groups -OCH3 is 1. The zero-order chi connectivity index (χ0) is 15.0. The van der Waals surface area contributed by atoms with Gasteiger partial charge in [-0.1, -0.05) is 19.9 Å². The van der Waals surface area contributed by atoms with Crippen LogP contribution in [0, 0.1) is 13.8 Å². The lowest BCUT2D eigenvalue weighted by Crippen LogP contribution is -2.27. The molecule has 0 fully saturated rings. The van der Waals surface area contributed by atoms with Crippen molar-refractivity contribution in [3.63, 3.8) is 0 Å². The number of benzene rings is 1. The van der Waals surface area contributed by atoms with Gasteiger partial charge in [0.05, 0.1) is 19.8 Å². The van der Waals surface area contributed by atoms with Gasteiger partial charge in [-0.15, -0.1) is 0 Å². The first kappa shape index (κ1) is 17.0. The molecule has 0 aliphatic carbocycles. The molecule has 0 aromatic heterocycles. The van der Waals surface area contributed by atoms with Crippen LogP contribution in [-0.2, 0) is 4.74 Å². The highest BCUT2D eigenvalue weighted by Crippen LogP contribution is 2.27. The van der Waals surface area contributed by atoms with Crippen LogP contribution in [0.3, 0.4) is 0 Å². The predicted molar refractivity (Wildman–Crippen MR) is 84.6 cm³/mol. The third-order valence-corrected chi connectivity index (χ3v) is 3.43. The molecule has 3 nitrogen and oxygen atoms in total. The molecule has 0 radical (unpaired) electrons. The third kappa shape index (κ3) is 4.80. The van der Waals surface area contributed by atoms with Gasteiger partial charge in [-0.2, -0.15) is 0 Å². The van der Waals surface area contributed by atoms with Crippen molar-refractivity contribution >= 4 is 0 Å². The predicted octanol–water partition coefficient (Wildman–Crippen LogP) is 3.78. The van der Waals surface area contributed by atoms with Gasteiger partial charge >= 0.3 is 0 Å². The van der Waals surface area contributed by atoms with Gasteiger partial charge in [0, 0.05) is 6.61 Å². The summed E-state index contributed by atoms with van der Waals surface area (Å²) in [6.07, 6.45) is 2.18. The van der Waals surface area contributed by atoms with E-state index in [1.165, 1.54) is 16.7 Å². The van der Waals surface area contributed by atoms with Crippen molar-refractivity contribution in [3.05, 3.63) is 28.8 Å². The van der Waals surface area contributed by atoms with Gasteiger partial charge in [0.1, 0.15) is 5.75 Å². The zero-order valence-corrected chi connectivity index (χ0v) is 13.6. The molecule has 0 aliphatic heterocycles. The van der Waals surface area contributed by atoms with Crippen molar-refractivity contribution < 1.29 is 9.47 Å². The van der Waals surface area contributed by atoms with E-state index in [9.17, 15) is 0 Å². The second kappa shape index (κ2) is 8.98. The maximum Gasteiger partial charge on any atom is 0.122 e. The van der Waals surface area contributed by atoms with Gasteiger partial charge in [-0.25, -0.2) is 0 Å². The first-order chi connectivity index (χ1) is 9.63. The Morgan fingerprint density at radius 2 is 1.85 bits per heavy atom. The van der Waals surface area contributed by atoms with Gasteiger partial charge in [-0.05, 0) is 56.0 Å². The summed E-state index contributed by atoms with van der Waals surface area (Å²) in [6.45, 7) is 11.1. The van der Waals surface area contributed by atoms with Crippen molar-refractivity contribution in [1.82, 2.24) is 5.32 Å². The van der Waals surface area contributed by atoms with E-state index in [1.807, 2.05) is 0 Å². The molecular weight excluding hydrogens is 250 g/mol. The van der Waals surface area contributed by atoms with E-state index in [4.69, 9.17) is 9.47 Å². The van der Waals surface area contributed by atoms with Crippen LogP contribution in [0.2, 0.25) is 0 Å².